The molecule has 1 fully saturated rings. The first-order valence-electron chi connectivity index (χ1n) is 8.95. The minimum absolute atomic E-state index is 0.0506. The number of furan rings is 1. The summed E-state index contributed by atoms with van der Waals surface area (Å²) in [4.78, 5) is 31.7. The second-order valence-corrected chi connectivity index (χ2v) is 10.1. The Hall–Kier alpha value is -2.20. The van der Waals surface area contributed by atoms with Gasteiger partial charge in [0, 0.05) is 17.5 Å². The minimum Gasteiger partial charge on any atom is -0.462 e. The van der Waals surface area contributed by atoms with Gasteiger partial charge in [0.25, 0.3) is 5.91 Å². The van der Waals surface area contributed by atoms with Crippen LogP contribution in [0.15, 0.2) is 22.8 Å². The lowest BCUT2D eigenvalue weighted by atomic mass is 10.2. The number of hydrogen-bond acceptors (Lipinski definition) is 8. The Bertz CT molecular complexity index is 964. The summed E-state index contributed by atoms with van der Waals surface area (Å²) >= 11 is 1.30. The Morgan fingerprint density at radius 3 is 2.79 bits per heavy atom. The molecule has 3 heterocycles. The Morgan fingerprint density at radius 1 is 1.46 bits per heavy atom. The third kappa shape index (κ3) is 4.27. The molecule has 0 aliphatic carbocycles. The molecule has 28 heavy (non-hydrogen) atoms. The van der Waals surface area contributed by atoms with E-state index in [1.165, 1.54) is 29.4 Å². The fourth-order valence-electron chi connectivity index (χ4n) is 3.21. The largest absolute Gasteiger partial charge is 0.462 e. The number of thiazole rings is 1. The van der Waals surface area contributed by atoms with E-state index in [4.69, 9.17) is 9.15 Å². The van der Waals surface area contributed by atoms with Crippen molar-refractivity contribution in [2.75, 3.05) is 18.1 Å². The minimum atomic E-state index is -3.12. The van der Waals surface area contributed by atoms with Crippen molar-refractivity contribution in [2.45, 2.75) is 39.3 Å². The van der Waals surface area contributed by atoms with E-state index in [0.717, 1.165) is 0 Å². The van der Waals surface area contributed by atoms with Crippen molar-refractivity contribution < 1.29 is 27.2 Å². The second kappa shape index (κ2) is 8.04. The predicted octanol–water partition coefficient (Wildman–Crippen LogP) is 2.29. The zero-order valence-electron chi connectivity index (χ0n) is 15.9. The average molecular weight is 427 g/mol. The highest BCUT2D eigenvalue weighted by atomic mass is 32.2. The molecule has 0 N–H and O–H groups in total. The van der Waals surface area contributed by atoms with Crippen LogP contribution in [0.4, 0.5) is 0 Å². The first-order chi connectivity index (χ1) is 13.2. The van der Waals surface area contributed by atoms with Crippen molar-refractivity contribution in [1.29, 1.82) is 0 Å². The highest BCUT2D eigenvalue weighted by Gasteiger charge is 2.36. The highest BCUT2D eigenvalue weighted by molar-refractivity contribution is 7.91. The molecule has 10 heteroatoms. The molecule has 1 amide bonds. The molecule has 0 radical (unpaired) electrons. The van der Waals surface area contributed by atoms with E-state index >= 15 is 0 Å². The van der Waals surface area contributed by atoms with Crippen LogP contribution in [0.2, 0.25) is 0 Å². The third-order valence-electron chi connectivity index (χ3n) is 4.63. The molecule has 152 valence electrons. The Balaban J connectivity index is 1.69. The number of rotatable bonds is 6. The maximum absolute atomic E-state index is 12.7. The number of sulfone groups is 1. The molecule has 8 nitrogen and oxygen atoms in total. The van der Waals surface area contributed by atoms with Crippen LogP contribution in [-0.4, -0.2) is 60.4 Å². The normalized spacial score (nSPS) is 19.3. The van der Waals surface area contributed by atoms with Crippen LogP contribution in [0.1, 0.15) is 35.6 Å². The van der Waals surface area contributed by atoms with Crippen LogP contribution in [-0.2, 0) is 19.4 Å². The lowest BCUT2D eigenvalue weighted by Crippen LogP contribution is -2.46. The fraction of sp³-hybridized carbons (Fsp3) is 0.500. The molecule has 0 spiro atoms. The van der Waals surface area contributed by atoms with Crippen LogP contribution in [0, 0.1) is 6.92 Å². The Labute approximate surface area is 167 Å². The molecule has 0 bridgehead atoms. The second-order valence-electron chi connectivity index (χ2n) is 6.63. The standard InChI is InChI=1S/C18H22N2O6S2/c1-4-20(13-7-9-28(23,24)10-13)17(21)11(2)26-18(22)15-12(3)27-16(19-15)14-6-5-8-25-14/h5-6,8,11,13H,4,7,9-10H2,1-3H3. The molecule has 1 saturated heterocycles. The summed E-state index contributed by atoms with van der Waals surface area (Å²) in [5.74, 6) is -0.524. The molecule has 2 aromatic heterocycles. The lowest BCUT2D eigenvalue weighted by Gasteiger charge is -2.29. The summed E-state index contributed by atoms with van der Waals surface area (Å²) in [5.41, 5.74) is 0.141. The van der Waals surface area contributed by atoms with Gasteiger partial charge in [0.05, 0.1) is 17.8 Å². The molecule has 1 aliphatic heterocycles. The number of amides is 1. The Kier molecular flexibility index (Phi) is 5.90. The quantitative estimate of drug-likeness (QED) is 0.652. The van der Waals surface area contributed by atoms with Gasteiger partial charge in [-0.3, -0.25) is 4.79 Å². The van der Waals surface area contributed by atoms with Gasteiger partial charge in [0.15, 0.2) is 32.4 Å². The molecule has 2 aromatic rings. The number of aryl methyl sites for hydroxylation is 1. The van der Waals surface area contributed by atoms with E-state index in [9.17, 15) is 18.0 Å². The van der Waals surface area contributed by atoms with Crippen molar-refractivity contribution in [3.63, 3.8) is 0 Å². The van der Waals surface area contributed by atoms with E-state index < -0.39 is 27.8 Å². The Morgan fingerprint density at radius 2 is 2.21 bits per heavy atom. The number of aromatic nitrogens is 1. The summed E-state index contributed by atoms with van der Waals surface area (Å²) in [6.07, 6.45) is 0.886. The smallest absolute Gasteiger partial charge is 0.358 e. The van der Waals surface area contributed by atoms with Crippen molar-refractivity contribution in [1.82, 2.24) is 9.88 Å². The van der Waals surface area contributed by atoms with Crippen LogP contribution in [0.5, 0.6) is 0 Å². The van der Waals surface area contributed by atoms with Crippen LogP contribution in [0.3, 0.4) is 0 Å². The number of hydrogen-bond donors (Lipinski definition) is 0. The van der Waals surface area contributed by atoms with Gasteiger partial charge in [-0.2, -0.15) is 0 Å². The zero-order chi connectivity index (χ0) is 20.5. The molecule has 3 rings (SSSR count). The fourth-order valence-corrected chi connectivity index (χ4v) is 5.81. The summed E-state index contributed by atoms with van der Waals surface area (Å²) < 4.78 is 34.1. The lowest BCUT2D eigenvalue weighted by molar-refractivity contribution is -0.141. The summed E-state index contributed by atoms with van der Waals surface area (Å²) in [5, 5.41) is 0.555. The van der Waals surface area contributed by atoms with E-state index in [0.29, 0.717) is 28.6 Å². The predicted molar refractivity (Wildman–Crippen MR) is 104 cm³/mol. The molecule has 0 aromatic carbocycles. The van der Waals surface area contributed by atoms with Gasteiger partial charge < -0.3 is 14.1 Å². The summed E-state index contributed by atoms with van der Waals surface area (Å²) in [7, 11) is -3.12. The average Bonchev–Trinajstić information content (AvgIpc) is 3.35. The number of likely N-dealkylation sites (N-methyl/N-ethyl adjacent to an activating group) is 1. The van der Waals surface area contributed by atoms with Gasteiger partial charge in [-0.25, -0.2) is 18.2 Å². The van der Waals surface area contributed by atoms with Crippen molar-refractivity contribution >= 4 is 33.1 Å². The van der Waals surface area contributed by atoms with E-state index in [-0.39, 0.29) is 23.2 Å². The van der Waals surface area contributed by atoms with E-state index in [2.05, 4.69) is 4.98 Å². The van der Waals surface area contributed by atoms with Gasteiger partial charge in [-0.1, -0.05) is 0 Å². The molecular weight excluding hydrogens is 404 g/mol. The number of esters is 1. The number of nitrogens with zero attached hydrogens (tertiary/aromatic N) is 2. The van der Waals surface area contributed by atoms with Gasteiger partial charge in [-0.05, 0) is 39.3 Å². The van der Waals surface area contributed by atoms with Crippen molar-refractivity contribution in [2.24, 2.45) is 0 Å². The van der Waals surface area contributed by atoms with Crippen molar-refractivity contribution in [3.05, 3.63) is 29.0 Å². The summed E-state index contributed by atoms with van der Waals surface area (Å²) in [6, 6.07) is 3.09. The van der Waals surface area contributed by atoms with Gasteiger partial charge in [0.1, 0.15) is 0 Å². The highest BCUT2D eigenvalue weighted by Crippen LogP contribution is 2.28. The van der Waals surface area contributed by atoms with E-state index in [1.807, 2.05) is 0 Å². The maximum Gasteiger partial charge on any atom is 0.358 e. The molecule has 1 aliphatic rings. The van der Waals surface area contributed by atoms with Gasteiger partial charge in [0.2, 0.25) is 0 Å². The topological polar surface area (TPSA) is 107 Å². The zero-order valence-corrected chi connectivity index (χ0v) is 17.5. The molecular formula is C18H22N2O6S2. The van der Waals surface area contributed by atoms with Crippen LogP contribution >= 0.6 is 11.3 Å². The van der Waals surface area contributed by atoms with Crippen molar-refractivity contribution in [3.8, 4) is 10.8 Å². The van der Waals surface area contributed by atoms with Gasteiger partial charge in [-0.15, -0.1) is 11.3 Å². The van der Waals surface area contributed by atoms with Gasteiger partial charge >= 0.3 is 5.97 Å². The number of carbonyl (C=O) groups excluding carboxylic acids is 2. The first kappa shape index (κ1) is 20.5. The molecule has 2 unspecified atom stereocenters. The SMILES string of the molecule is CCN(C(=O)C(C)OC(=O)c1nc(-c2ccco2)sc1C)C1CCS(=O)(=O)C1. The molecule has 0 saturated carbocycles. The number of ether oxygens (including phenoxy) is 1. The summed E-state index contributed by atoms with van der Waals surface area (Å²) in [6.45, 7) is 5.35. The van der Waals surface area contributed by atoms with E-state index in [1.54, 1.807) is 26.0 Å². The van der Waals surface area contributed by atoms with Crippen LogP contribution < -0.4 is 0 Å². The maximum atomic E-state index is 12.7. The molecule has 2 atom stereocenters. The number of carbonyl (C=O) groups is 2. The first-order valence-corrected chi connectivity index (χ1v) is 11.6. The monoisotopic (exact) mass is 426 g/mol. The third-order valence-corrected chi connectivity index (χ3v) is 7.36. The van der Waals surface area contributed by atoms with Crippen LogP contribution in [0.25, 0.3) is 10.8 Å².